The van der Waals surface area contributed by atoms with Crippen molar-refractivity contribution in [3.05, 3.63) is 34.0 Å². The Morgan fingerprint density at radius 1 is 1.27 bits per heavy atom. The van der Waals surface area contributed by atoms with Gasteiger partial charge in [0.25, 0.3) is 0 Å². The second-order valence-corrected chi connectivity index (χ2v) is 6.49. The molecule has 15 heavy (non-hydrogen) atoms. The Bertz CT molecular complexity index is 415. The van der Waals surface area contributed by atoms with Crippen molar-refractivity contribution in [2.24, 2.45) is 0 Å². The van der Waals surface area contributed by atoms with Crippen LogP contribution in [0.3, 0.4) is 0 Å². The number of hydrogen-bond acceptors (Lipinski definition) is 1. The van der Waals surface area contributed by atoms with Crippen molar-refractivity contribution in [3.8, 4) is 0 Å². The van der Waals surface area contributed by atoms with Crippen LogP contribution >= 0.6 is 67.8 Å². The Labute approximate surface area is 129 Å². The van der Waals surface area contributed by atoms with E-state index in [-0.39, 0.29) is 0 Å². The molecule has 0 fully saturated rings. The summed E-state index contributed by atoms with van der Waals surface area (Å²) in [5.41, 5.74) is 1.34. The summed E-state index contributed by atoms with van der Waals surface area (Å²) in [6.45, 7) is 1.60. The molecule has 0 aromatic heterocycles. The lowest BCUT2D eigenvalue weighted by atomic mass is 10.1. The van der Waals surface area contributed by atoms with Crippen molar-refractivity contribution in [2.45, 2.75) is 6.92 Å². The number of benzene rings is 1. The molecule has 0 saturated carbocycles. The van der Waals surface area contributed by atoms with E-state index in [1.807, 2.05) is 12.1 Å². The predicted molar refractivity (Wildman–Crippen MR) is 85.9 cm³/mol. The van der Waals surface area contributed by atoms with Crippen LogP contribution in [0.4, 0.5) is 0 Å². The summed E-state index contributed by atoms with van der Waals surface area (Å²) in [7, 11) is 0. The van der Waals surface area contributed by atoms with E-state index in [0.717, 1.165) is 16.3 Å². The third kappa shape index (κ3) is 3.84. The summed E-state index contributed by atoms with van der Waals surface area (Å²) in [5, 5.41) is 8.81. The first-order chi connectivity index (χ1) is 6.91. The van der Waals surface area contributed by atoms with Gasteiger partial charge in [0.05, 0.1) is 0 Å². The highest BCUT2D eigenvalue weighted by molar-refractivity contribution is 14.1. The van der Waals surface area contributed by atoms with Gasteiger partial charge in [0.1, 0.15) is 0 Å². The number of carbonyl (C=O) groups is 1. The van der Waals surface area contributed by atoms with Crippen molar-refractivity contribution in [1.82, 2.24) is 0 Å². The Morgan fingerprint density at radius 2 is 1.73 bits per heavy atom. The minimum atomic E-state index is -0.875. The van der Waals surface area contributed by atoms with Gasteiger partial charge >= 0.3 is 5.97 Å². The number of rotatable bonds is 2. The molecule has 0 aliphatic heterocycles. The zero-order chi connectivity index (χ0) is 11.6. The molecule has 1 aromatic carbocycles. The molecule has 0 unspecified atom stereocenters. The van der Waals surface area contributed by atoms with Gasteiger partial charge in [0.15, 0.2) is 0 Å². The molecule has 0 atom stereocenters. The van der Waals surface area contributed by atoms with Crippen LogP contribution in [0.1, 0.15) is 12.5 Å². The molecule has 5 heteroatoms. The van der Waals surface area contributed by atoms with Crippen LogP contribution in [-0.2, 0) is 4.79 Å². The molecule has 0 heterocycles. The maximum atomic E-state index is 10.7. The van der Waals surface area contributed by atoms with E-state index in [1.54, 1.807) is 13.0 Å². The minimum Gasteiger partial charge on any atom is -0.478 e. The summed E-state index contributed by atoms with van der Waals surface area (Å²) in [5.74, 6) is -0.875. The van der Waals surface area contributed by atoms with E-state index < -0.39 is 5.97 Å². The molecule has 2 nitrogen and oxygen atoms in total. The van der Waals surface area contributed by atoms with E-state index >= 15 is 0 Å². The molecular weight excluding hydrogens is 533 g/mol. The summed E-state index contributed by atoms with van der Waals surface area (Å²) in [6, 6.07) is 4.06. The number of halogens is 3. The Balaban J connectivity index is 3.27. The van der Waals surface area contributed by atoms with Gasteiger partial charge in [-0.25, -0.2) is 4.79 Å². The zero-order valence-corrected chi connectivity index (χ0v) is 14.2. The highest BCUT2D eigenvalue weighted by Gasteiger charge is 2.07. The highest BCUT2D eigenvalue weighted by Crippen LogP contribution is 2.24. The second kappa shape index (κ2) is 5.80. The van der Waals surface area contributed by atoms with Gasteiger partial charge in [-0.3, -0.25) is 0 Å². The first kappa shape index (κ1) is 13.7. The van der Waals surface area contributed by atoms with Gasteiger partial charge < -0.3 is 5.11 Å². The molecule has 1 aromatic rings. The van der Waals surface area contributed by atoms with Crippen molar-refractivity contribution < 1.29 is 9.90 Å². The normalized spacial score (nSPS) is 11.6. The van der Waals surface area contributed by atoms with Gasteiger partial charge in [-0.2, -0.15) is 0 Å². The summed E-state index contributed by atoms with van der Waals surface area (Å²) < 4.78 is 3.31. The van der Waals surface area contributed by atoms with Gasteiger partial charge in [0, 0.05) is 21.8 Å². The van der Waals surface area contributed by atoms with Crippen molar-refractivity contribution in [2.75, 3.05) is 0 Å². The number of hydrogen-bond donors (Lipinski definition) is 1. The Morgan fingerprint density at radius 3 is 2.13 bits per heavy atom. The highest BCUT2D eigenvalue weighted by atomic mass is 127. The number of carboxylic acids is 1. The summed E-state index contributed by atoms with van der Waals surface area (Å²) in [6.07, 6.45) is 1.71. The standard InChI is InChI=1S/C10H7I3O2/c1-5(10(14)15)2-7-8(12)3-6(11)4-9(7)13/h2-4H,1H3,(H,14,15)/b5-2+. The SMILES string of the molecule is C/C(=C\c1c(I)cc(I)cc1I)C(=O)O. The van der Waals surface area contributed by atoms with E-state index in [2.05, 4.69) is 67.8 Å². The maximum Gasteiger partial charge on any atom is 0.331 e. The minimum absolute atomic E-state index is 0.354. The van der Waals surface area contributed by atoms with E-state index in [1.165, 1.54) is 0 Å². The summed E-state index contributed by atoms with van der Waals surface area (Å²) in [4.78, 5) is 10.7. The molecule has 0 bridgehead atoms. The van der Waals surface area contributed by atoms with Crippen LogP contribution in [0.2, 0.25) is 0 Å². The maximum absolute atomic E-state index is 10.7. The largest absolute Gasteiger partial charge is 0.478 e. The Kier molecular flexibility index (Phi) is 5.29. The molecule has 0 amide bonds. The lowest BCUT2D eigenvalue weighted by Crippen LogP contribution is -1.97. The molecule has 1 N–H and O–H groups in total. The third-order valence-corrected chi connectivity index (χ3v) is 4.15. The lowest BCUT2D eigenvalue weighted by Gasteiger charge is -2.04. The summed E-state index contributed by atoms with van der Waals surface area (Å²) >= 11 is 6.69. The van der Waals surface area contributed by atoms with Gasteiger partial charge in [-0.05, 0) is 92.9 Å². The molecule has 0 aliphatic carbocycles. The van der Waals surface area contributed by atoms with Crippen molar-refractivity contribution >= 4 is 79.8 Å². The van der Waals surface area contributed by atoms with Gasteiger partial charge in [-0.15, -0.1) is 0 Å². The van der Waals surface area contributed by atoms with E-state index in [9.17, 15) is 4.79 Å². The average Bonchev–Trinajstić information content (AvgIpc) is 2.10. The fourth-order valence-electron chi connectivity index (χ4n) is 0.970. The quantitative estimate of drug-likeness (QED) is 0.456. The van der Waals surface area contributed by atoms with Crippen molar-refractivity contribution in [3.63, 3.8) is 0 Å². The predicted octanol–water partition coefficient (Wildman–Crippen LogP) is 3.99. The topological polar surface area (TPSA) is 37.3 Å². The first-order valence-electron chi connectivity index (χ1n) is 3.98. The van der Waals surface area contributed by atoms with E-state index in [4.69, 9.17) is 5.11 Å². The number of aliphatic carboxylic acids is 1. The monoisotopic (exact) mass is 540 g/mol. The average molecular weight is 540 g/mol. The molecule has 0 spiro atoms. The first-order valence-corrected chi connectivity index (χ1v) is 7.21. The Hall–Kier alpha value is 0.620. The van der Waals surface area contributed by atoms with Crippen LogP contribution < -0.4 is 0 Å². The van der Waals surface area contributed by atoms with Crippen LogP contribution in [0, 0.1) is 10.7 Å². The van der Waals surface area contributed by atoms with E-state index in [0.29, 0.717) is 5.57 Å². The smallest absolute Gasteiger partial charge is 0.331 e. The van der Waals surface area contributed by atoms with Crippen LogP contribution in [-0.4, -0.2) is 11.1 Å². The second-order valence-electron chi connectivity index (χ2n) is 2.92. The molecule has 0 radical (unpaired) electrons. The molecule has 0 saturated heterocycles. The zero-order valence-electron chi connectivity index (χ0n) is 7.72. The molecule has 0 aliphatic rings. The molecule has 80 valence electrons. The van der Waals surface area contributed by atoms with Gasteiger partial charge in [-0.1, -0.05) is 0 Å². The number of carboxylic acid groups (broad SMARTS) is 1. The fourth-order valence-corrected chi connectivity index (χ4v) is 4.86. The van der Waals surface area contributed by atoms with Crippen LogP contribution in [0.25, 0.3) is 6.08 Å². The fraction of sp³-hybridized carbons (Fsp3) is 0.100. The molecular formula is C10H7I3O2. The van der Waals surface area contributed by atoms with Gasteiger partial charge in [0.2, 0.25) is 0 Å². The third-order valence-electron chi connectivity index (χ3n) is 1.74. The van der Waals surface area contributed by atoms with Crippen LogP contribution in [0.5, 0.6) is 0 Å². The molecule has 1 rings (SSSR count). The lowest BCUT2D eigenvalue weighted by molar-refractivity contribution is -0.132. The van der Waals surface area contributed by atoms with Crippen molar-refractivity contribution in [1.29, 1.82) is 0 Å². The van der Waals surface area contributed by atoms with Crippen LogP contribution in [0.15, 0.2) is 17.7 Å².